The molecule has 8 heteroatoms. The van der Waals surface area contributed by atoms with Crippen molar-refractivity contribution < 1.29 is 19.0 Å². The van der Waals surface area contributed by atoms with Crippen molar-refractivity contribution in [2.45, 2.75) is 19.3 Å². The van der Waals surface area contributed by atoms with Crippen LogP contribution < -0.4 is 24.8 Å². The van der Waals surface area contributed by atoms with E-state index >= 15 is 0 Å². The number of nitrogens with zero attached hydrogens (tertiary/aromatic N) is 2. The Kier molecular flexibility index (Phi) is 6.62. The molecular weight excluding hydrogens is 348 g/mol. The van der Waals surface area contributed by atoms with Crippen molar-refractivity contribution in [1.29, 1.82) is 0 Å². The number of rotatable bonds is 6. The molecule has 2 heterocycles. The maximum absolute atomic E-state index is 11.5. The number of carbonyl (C=O) groups excluding carboxylic acids is 1. The van der Waals surface area contributed by atoms with Gasteiger partial charge >= 0.3 is 0 Å². The van der Waals surface area contributed by atoms with E-state index in [1.165, 1.54) is 0 Å². The van der Waals surface area contributed by atoms with Gasteiger partial charge in [-0.2, -0.15) is 0 Å². The van der Waals surface area contributed by atoms with Crippen LogP contribution in [0.3, 0.4) is 0 Å². The summed E-state index contributed by atoms with van der Waals surface area (Å²) in [6, 6.07) is 5.57. The van der Waals surface area contributed by atoms with Gasteiger partial charge in [0.1, 0.15) is 12.4 Å². The molecule has 0 unspecified atom stereocenters. The standard InChI is InChI=1S/C19H28N4O4/c1-20-18(24)11-14-5-8-23(9-6-14)19(21-2)22-7-10-25-15-3-4-16-17(12-15)27-13-26-16/h3-4,12,14H,5-11,13H2,1-2H3,(H,20,24)(H,21,22). The number of ether oxygens (including phenoxy) is 3. The Morgan fingerprint density at radius 1 is 1.30 bits per heavy atom. The van der Waals surface area contributed by atoms with Crippen LogP contribution >= 0.6 is 0 Å². The highest BCUT2D eigenvalue weighted by atomic mass is 16.7. The van der Waals surface area contributed by atoms with E-state index in [1.54, 1.807) is 14.1 Å². The number of amides is 1. The van der Waals surface area contributed by atoms with Crippen LogP contribution in [0.4, 0.5) is 0 Å². The average molecular weight is 376 g/mol. The predicted octanol–water partition coefficient (Wildman–Crippen LogP) is 1.22. The molecule has 148 valence electrons. The Hall–Kier alpha value is -2.64. The first-order valence-corrected chi connectivity index (χ1v) is 9.38. The number of piperidine rings is 1. The fourth-order valence-electron chi connectivity index (χ4n) is 3.34. The summed E-state index contributed by atoms with van der Waals surface area (Å²) in [5.74, 6) is 3.68. The lowest BCUT2D eigenvalue weighted by molar-refractivity contribution is -0.121. The summed E-state index contributed by atoms with van der Waals surface area (Å²) in [6.45, 7) is 3.25. The predicted molar refractivity (Wildman–Crippen MR) is 102 cm³/mol. The van der Waals surface area contributed by atoms with Gasteiger partial charge in [-0.05, 0) is 30.9 Å². The van der Waals surface area contributed by atoms with Gasteiger partial charge in [-0.3, -0.25) is 9.79 Å². The van der Waals surface area contributed by atoms with Crippen LogP contribution in [0, 0.1) is 5.92 Å². The lowest BCUT2D eigenvalue weighted by Crippen LogP contribution is -2.46. The zero-order valence-corrected chi connectivity index (χ0v) is 16.0. The highest BCUT2D eigenvalue weighted by Gasteiger charge is 2.23. The number of nitrogens with one attached hydrogen (secondary N) is 2. The summed E-state index contributed by atoms with van der Waals surface area (Å²) in [5.41, 5.74) is 0. The largest absolute Gasteiger partial charge is 0.492 e. The SMILES string of the molecule is CN=C(NCCOc1ccc2c(c1)OCO2)N1CCC(CC(=O)NC)CC1. The molecule has 0 aromatic heterocycles. The summed E-state index contributed by atoms with van der Waals surface area (Å²) in [6.07, 6.45) is 2.61. The van der Waals surface area contributed by atoms with E-state index in [9.17, 15) is 4.79 Å². The normalized spacial score (nSPS) is 17.0. The summed E-state index contributed by atoms with van der Waals surface area (Å²) < 4.78 is 16.4. The van der Waals surface area contributed by atoms with Crippen LogP contribution in [-0.4, -0.2) is 63.9 Å². The zero-order valence-electron chi connectivity index (χ0n) is 16.0. The van der Waals surface area contributed by atoms with Crippen LogP contribution in [0.25, 0.3) is 0 Å². The van der Waals surface area contributed by atoms with Crippen LogP contribution in [0.15, 0.2) is 23.2 Å². The summed E-state index contributed by atoms with van der Waals surface area (Å²) in [4.78, 5) is 18.1. The molecular formula is C19H28N4O4. The number of carbonyl (C=O) groups is 1. The molecule has 1 saturated heterocycles. The minimum Gasteiger partial charge on any atom is -0.492 e. The van der Waals surface area contributed by atoms with Crippen molar-refractivity contribution in [3.8, 4) is 17.2 Å². The second-order valence-electron chi connectivity index (χ2n) is 6.65. The topological polar surface area (TPSA) is 84.4 Å². The molecule has 0 spiro atoms. The van der Waals surface area contributed by atoms with Crippen LogP contribution in [0.2, 0.25) is 0 Å². The maximum atomic E-state index is 11.5. The number of aliphatic imine (C=N–C) groups is 1. The Morgan fingerprint density at radius 2 is 2.07 bits per heavy atom. The number of guanidine groups is 1. The van der Waals surface area contributed by atoms with E-state index in [1.807, 2.05) is 18.2 Å². The Bertz CT molecular complexity index is 672. The lowest BCUT2D eigenvalue weighted by atomic mass is 9.93. The maximum Gasteiger partial charge on any atom is 0.231 e. The highest BCUT2D eigenvalue weighted by Crippen LogP contribution is 2.34. The quantitative estimate of drug-likeness (QED) is 0.441. The van der Waals surface area contributed by atoms with E-state index in [0.29, 0.717) is 25.5 Å². The molecule has 27 heavy (non-hydrogen) atoms. The molecule has 0 saturated carbocycles. The van der Waals surface area contributed by atoms with Gasteiger partial charge < -0.3 is 29.7 Å². The molecule has 0 aliphatic carbocycles. The van der Waals surface area contributed by atoms with Gasteiger partial charge in [0.15, 0.2) is 17.5 Å². The van der Waals surface area contributed by atoms with E-state index in [4.69, 9.17) is 14.2 Å². The Balaban J connectivity index is 1.38. The van der Waals surface area contributed by atoms with E-state index < -0.39 is 0 Å². The van der Waals surface area contributed by atoms with Crippen LogP contribution in [0.1, 0.15) is 19.3 Å². The van der Waals surface area contributed by atoms with Crippen molar-refractivity contribution in [2.75, 3.05) is 47.1 Å². The van der Waals surface area contributed by atoms with E-state index in [-0.39, 0.29) is 12.7 Å². The monoisotopic (exact) mass is 376 g/mol. The molecule has 1 amide bonds. The van der Waals surface area contributed by atoms with Gasteiger partial charge in [0.25, 0.3) is 0 Å². The second kappa shape index (κ2) is 9.34. The molecule has 0 bridgehead atoms. The van der Waals surface area contributed by atoms with Gasteiger partial charge in [-0.25, -0.2) is 0 Å². The van der Waals surface area contributed by atoms with E-state index in [2.05, 4.69) is 20.5 Å². The molecule has 0 radical (unpaired) electrons. The van der Waals surface area contributed by atoms with Crippen molar-refractivity contribution in [3.63, 3.8) is 0 Å². The third-order valence-corrected chi connectivity index (χ3v) is 4.88. The molecule has 1 aromatic rings. The van der Waals surface area contributed by atoms with Gasteiger partial charge in [-0.15, -0.1) is 0 Å². The minimum absolute atomic E-state index is 0.122. The first kappa shape index (κ1) is 19.1. The molecule has 2 N–H and O–H groups in total. The highest BCUT2D eigenvalue weighted by molar-refractivity contribution is 5.80. The molecule has 1 aromatic carbocycles. The van der Waals surface area contributed by atoms with Crippen molar-refractivity contribution in [1.82, 2.24) is 15.5 Å². The Morgan fingerprint density at radius 3 is 2.81 bits per heavy atom. The van der Waals surface area contributed by atoms with E-state index in [0.717, 1.165) is 49.1 Å². The third-order valence-electron chi connectivity index (χ3n) is 4.88. The molecule has 8 nitrogen and oxygen atoms in total. The summed E-state index contributed by atoms with van der Waals surface area (Å²) in [5, 5.41) is 6.05. The van der Waals surface area contributed by atoms with Gasteiger partial charge in [-0.1, -0.05) is 0 Å². The minimum atomic E-state index is 0.122. The molecule has 2 aliphatic rings. The second-order valence-corrected chi connectivity index (χ2v) is 6.65. The van der Waals surface area contributed by atoms with Crippen LogP contribution in [-0.2, 0) is 4.79 Å². The first-order chi connectivity index (χ1) is 13.2. The fraction of sp³-hybridized carbons (Fsp3) is 0.579. The number of benzene rings is 1. The van der Waals surface area contributed by atoms with Gasteiger partial charge in [0, 0.05) is 39.7 Å². The van der Waals surface area contributed by atoms with Crippen molar-refractivity contribution >= 4 is 11.9 Å². The smallest absolute Gasteiger partial charge is 0.231 e. The lowest BCUT2D eigenvalue weighted by Gasteiger charge is -2.34. The number of hydrogen-bond acceptors (Lipinski definition) is 5. The number of fused-ring (bicyclic) bond motifs is 1. The molecule has 2 aliphatic heterocycles. The third kappa shape index (κ3) is 5.18. The number of hydrogen-bond donors (Lipinski definition) is 2. The van der Waals surface area contributed by atoms with Crippen molar-refractivity contribution in [3.05, 3.63) is 18.2 Å². The first-order valence-electron chi connectivity index (χ1n) is 9.38. The Labute approximate surface area is 159 Å². The fourth-order valence-corrected chi connectivity index (χ4v) is 3.34. The number of likely N-dealkylation sites (tertiary alicyclic amines) is 1. The zero-order chi connectivity index (χ0) is 19.1. The molecule has 3 rings (SSSR count). The summed E-state index contributed by atoms with van der Waals surface area (Å²) in [7, 11) is 3.48. The summed E-state index contributed by atoms with van der Waals surface area (Å²) >= 11 is 0. The molecule has 1 fully saturated rings. The van der Waals surface area contributed by atoms with Gasteiger partial charge in [0.05, 0.1) is 6.54 Å². The average Bonchev–Trinajstić information content (AvgIpc) is 3.16. The van der Waals surface area contributed by atoms with Gasteiger partial charge in [0.2, 0.25) is 12.7 Å². The van der Waals surface area contributed by atoms with Crippen molar-refractivity contribution in [2.24, 2.45) is 10.9 Å². The van der Waals surface area contributed by atoms with Crippen LogP contribution in [0.5, 0.6) is 17.2 Å². The molecule has 0 atom stereocenters.